The number of hydrogen-bond acceptors (Lipinski definition) is 4. The number of aromatic amines is 1. The van der Waals surface area contributed by atoms with E-state index in [2.05, 4.69) is 20.1 Å². The zero-order valence-corrected chi connectivity index (χ0v) is 23.6. The van der Waals surface area contributed by atoms with Gasteiger partial charge in [-0.25, -0.2) is 4.39 Å². The topological polar surface area (TPSA) is 71.7 Å². The molecule has 8 heteroatoms. The van der Waals surface area contributed by atoms with Gasteiger partial charge in [0.05, 0.1) is 12.6 Å². The highest BCUT2D eigenvalue weighted by Gasteiger charge is 2.27. The van der Waals surface area contributed by atoms with Crippen LogP contribution in [0.1, 0.15) is 50.2 Å². The van der Waals surface area contributed by atoms with Crippen LogP contribution in [0.4, 0.5) is 4.39 Å². The molecule has 3 aromatic rings. The summed E-state index contributed by atoms with van der Waals surface area (Å²) < 4.78 is 14.1. The van der Waals surface area contributed by atoms with Gasteiger partial charge in [-0.1, -0.05) is 36.8 Å². The van der Waals surface area contributed by atoms with E-state index in [1.807, 2.05) is 36.5 Å². The van der Waals surface area contributed by atoms with Crippen molar-refractivity contribution >= 4 is 22.7 Å². The fourth-order valence-corrected chi connectivity index (χ4v) is 6.32. The van der Waals surface area contributed by atoms with Crippen molar-refractivity contribution in [3.05, 3.63) is 71.7 Å². The van der Waals surface area contributed by atoms with Crippen molar-refractivity contribution in [2.75, 3.05) is 39.3 Å². The van der Waals surface area contributed by atoms with Crippen LogP contribution in [-0.2, 0) is 22.6 Å². The number of piperidine rings is 2. The molecule has 2 aromatic carbocycles. The number of amides is 2. The van der Waals surface area contributed by atoms with Crippen molar-refractivity contribution in [3.63, 3.8) is 0 Å². The Hall–Kier alpha value is -3.23. The summed E-state index contributed by atoms with van der Waals surface area (Å²) in [5.41, 5.74) is 2.81. The second kappa shape index (κ2) is 13.4. The van der Waals surface area contributed by atoms with Crippen molar-refractivity contribution in [1.29, 1.82) is 0 Å². The molecule has 1 unspecified atom stereocenters. The predicted molar refractivity (Wildman–Crippen MR) is 156 cm³/mol. The van der Waals surface area contributed by atoms with E-state index in [1.165, 1.54) is 44.5 Å². The molecule has 40 heavy (non-hydrogen) atoms. The minimum Gasteiger partial charge on any atom is -0.361 e. The lowest BCUT2D eigenvalue weighted by Gasteiger charge is -2.40. The van der Waals surface area contributed by atoms with Crippen LogP contribution in [0.2, 0.25) is 0 Å². The first kappa shape index (κ1) is 28.3. The maximum Gasteiger partial charge on any atom is 0.234 e. The number of benzene rings is 2. The molecule has 2 fully saturated rings. The molecule has 0 radical (unpaired) electrons. The summed E-state index contributed by atoms with van der Waals surface area (Å²) >= 11 is 0. The third-order valence-electron chi connectivity index (χ3n) is 8.49. The van der Waals surface area contributed by atoms with E-state index >= 15 is 0 Å². The van der Waals surface area contributed by atoms with Crippen LogP contribution in [0.3, 0.4) is 0 Å². The van der Waals surface area contributed by atoms with Gasteiger partial charge in [0, 0.05) is 56.2 Å². The summed E-state index contributed by atoms with van der Waals surface area (Å²) in [5.74, 6) is -0.375. The number of likely N-dealkylation sites (tertiary alicyclic amines) is 2. The van der Waals surface area contributed by atoms with Gasteiger partial charge in [-0.2, -0.15) is 0 Å². The first-order valence-electron chi connectivity index (χ1n) is 14.8. The molecule has 2 saturated heterocycles. The average molecular weight is 548 g/mol. The van der Waals surface area contributed by atoms with Crippen LogP contribution >= 0.6 is 0 Å². The summed E-state index contributed by atoms with van der Waals surface area (Å²) in [5, 5.41) is 4.04. The molecule has 214 valence electrons. The van der Waals surface area contributed by atoms with E-state index in [0.717, 1.165) is 48.0 Å². The Labute approximate surface area is 236 Å². The molecule has 0 saturated carbocycles. The number of nitrogens with zero attached hydrogens (tertiary/aromatic N) is 3. The number of rotatable bonds is 10. The third-order valence-corrected chi connectivity index (χ3v) is 8.49. The minimum atomic E-state index is -0.312. The molecule has 0 bridgehead atoms. The van der Waals surface area contributed by atoms with Crippen molar-refractivity contribution in [2.24, 2.45) is 0 Å². The Balaban J connectivity index is 1.25. The summed E-state index contributed by atoms with van der Waals surface area (Å²) in [7, 11) is 0. The predicted octanol–water partition coefficient (Wildman–Crippen LogP) is 4.33. The maximum atomic E-state index is 14.1. The SMILES string of the molecule is CC(=O)N(Cc1ccccc1)CC(Cc1c[nH]c2ccc(F)cc12)NC(=O)CN1CCC(N2CCCCC2)CC1. The minimum absolute atomic E-state index is 0.0318. The van der Waals surface area contributed by atoms with E-state index in [-0.39, 0.29) is 23.7 Å². The second-order valence-electron chi connectivity index (χ2n) is 11.5. The van der Waals surface area contributed by atoms with Gasteiger partial charge in [-0.15, -0.1) is 0 Å². The zero-order valence-electron chi connectivity index (χ0n) is 23.6. The Morgan fingerprint density at radius 2 is 1.80 bits per heavy atom. The molecule has 1 atom stereocenters. The third kappa shape index (κ3) is 7.49. The van der Waals surface area contributed by atoms with Crippen LogP contribution in [0, 0.1) is 5.82 Å². The highest BCUT2D eigenvalue weighted by Crippen LogP contribution is 2.22. The molecule has 2 aliphatic rings. The van der Waals surface area contributed by atoms with E-state index in [9.17, 15) is 14.0 Å². The number of nitrogens with one attached hydrogen (secondary N) is 2. The monoisotopic (exact) mass is 547 g/mol. The molecule has 3 heterocycles. The van der Waals surface area contributed by atoms with Gasteiger partial charge in [0.15, 0.2) is 0 Å². The normalized spacial score (nSPS) is 18.1. The highest BCUT2D eigenvalue weighted by atomic mass is 19.1. The quantitative estimate of drug-likeness (QED) is 0.396. The molecule has 5 rings (SSSR count). The summed E-state index contributed by atoms with van der Waals surface area (Å²) in [6.07, 6.45) is 8.52. The van der Waals surface area contributed by atoms with Gasteiger partial charge in [-0.3, -0.25) is 14.5 Å². The molecule has 2 N–H and O–H groups in total. The lowest BCUT2D eigenvalue weighted by molar-refractivity contribution is -0.131. The van der Waals surface area contributed by atoms with Crippen molar-refractivity contribution in [2.45, 2.75) is 64.1 Å². The summed E-state index contributed by atoms with van der Waals surface area (Å²) in [6, 6.07) is 14.9. The van der Waals surface area contributed by atoms with Gasteiger partial charge in [0.1, 0.15) is 5.82 Å². The van der Waals surface area contributed by atoms with E-state index in [1.54, 1.807) is 17.9 Å². The van der Waals surface area contributed by atoms with Crippen LogP contribution in [-0.4, -0.2) is 82.9 Å². The molecule has 2 aliphatic heterocycles. The first-order valence-corrected chi connectivity index (χ1v) is 14.8. The van der Waals surface area contributed by atoms with Gasteiger partial charge in [-0.05, 0) is 74.5 Å². The van der Waals surface area contributed by atoms with Crippen molar-refractivity contribution < 1.29 is 14.0 Å². The van der Waals surface area contributed by atoms with Gasteiger partial charge < -0.3 is 20.1 Å². The van der Waals surface area contributed by atoms with E-state index < -0.39 is 0 Å². The number of fused-ring (bicyclic) bond motifs is 1. The van der Waals surface area contributed by atoms with Crippen LogP contribution in [0.25, 0.3) is 10.9 Å². The fourth-order valence-electron chi connectivity index (χ4n) is 6.32. The standard InChI is InChI=1S/C32H42FN5O2/c1-24(39)38(21-25-8-4-2-5-9-25)22-28(18-26-20-34-31-11-10-27(33)19-30(26)31)35-32(40)23-36-16-12-29(13-17-36)37-14-6-3-7-15-37/h2,4-5,8-11,19-20,28-29,34H,3,6-7,12-18,21-23H2,1H3,(H,35,40). The smallest absolute Gasteiger partial charge is 0.234 e. The highest BCUT2D eigenvalue weighted by molar-refractivity contribution is 5.83. The molecule has 0 spiro atoms. The average Bonchev–Trinajstić information content (AvgIpc) is 3.35. The Bertz CT molecular complexity index is 1260. The largest absolute Gasteiger partial charge is 0.361 e. The van der Waals surface area contributed by atoms with Gasteiger partial charge >= 0.3 is 0 Å². The van der Waals surface area contributed by atoms with E-state index in [0.29, 0.717) is 32.1 Å². The molecular weight excluding hydrogens is 505 g/mol. The van der Waals surface area contributed by atoms with Crippen molar-refractivity contribution in [3.8, 4) is 0 Å². The Morgan fingerprint density at radius 3 is 2.52 bits per heavy atom. The molecule has 2 amide bonds. The zero-order chi connectivity index (χ0) is 27.9. The number of aromatic nitrogens is 1. The number of halogens is 1. The Morgan fingerprint density at radius 1 is 1.05 bits per heavy atom. The molecule has 0 aliphatic carbocycles. The molecule has 1 aromatic heterocycles. The van der Waals surface area contributed by atoms with Crippen LogP contribution in [0.15, 0.2) is 54.7 Å². The lowest BCUT2D eigenvalue weighted by atomic mass is 10.00. The van der Waals surface area contributed by atoms with Crippen molar-refractivity contribution in [1.82, 2.24) is 25.0 Å². The van der Waals surface area contributed by atoms with Crippen LogP contribution in [0.5, 0.6) is 0 Å². The Kier molecular flexibility index (Phi) is 9.49. The number of carbonyl (C=O) groups is 2. The van der Waals surface area contributed by atoms with Gasteiger partial charge in [0.25, 0.3) is 0 Å². The van der Waals surface area contributed by atoms with E-state index in [4.69, 9.17) is 0 Å². The molecular formula is C32H42FN5O2. The molecule has 7 nitrogen and oxygen atoms in total. The summed E-state index contributed by atoms with van der Waals surface area (Å²) in [6.45, 7) is 7.02. The fraction of sp³-hybridized carbons (Fsp3) is 0.500. The number of H-pyrrole nitrogens is 1. The second-order valence-corrected chi connectivity index (χ2v) is 11.5. The lowest BCUT2D eigenvalue weighted by Crippen LogP contribution is -2.51. The van der Waals surface area contributed by atoms with Crippen LogP contribution < -0.4 is 5.32 Å². The maximum absolute atomic E-state index is 14.1. The van der Waals surface area contributed by atoms with Gasteiger partial charge in [0.2, 0.25) is 11.8 Å². The number of carbonyl (C=O) groups excluding carboxylic acids is 2. The first-order chi connectivity index (χ1) is 19.4. The number of hydrogen-bond donors (Lipinski definition) is 2. The summed E-state index contributed by atoms with van der Waals surface area (Å²) in [4.78, 5) is 35.9.